The van der Waals surface area contributed by atoms with Gasteiger partial charge < -0.3 is 5.73 Å². The molecule has 1 amide bonds. The molecule has 6 heteroatoms. The molecular formula is C22H25F2N3O. The van der Waals surface area contributed by atoms with Gasteiger partial charge in [0.15, 0.2) is 0 Å². The fourth-order valence-electron chi connectivity index (χ4n) is 5.61. The van der Waals surface area contributed by atoms with Gasteiger partial charge in [-0.1, -0.05) is 26.8 Å². The van der Waals surface area contributed by atoms with Gasteiger partial charge in [0.2, 0.25) is 5.91 Å². The molecule has 2 aromatic rings. The highest BCUT2D eigenvalue weighted by Gasteiger charge is 2.63. The number of hydrogen-bond donors (Lipinski definition) is 1. The second kappa shape index (κ2) is 6.33. The molecule has 2 aliphatic carbocycles. The average molecular weight is 385 g/mol. The molecule has 4 rings (SSSR count). The van der Waals surface area contributed by atoms with Gasteiger partial charge in [-0.05, 0) is 60.8 Å². The van der Waals surface area contributed by atoms with Gasteiger partial charge >= 0.3 is 0 Å². The van der Waals surface area contributed by atoms with Crippen LogP contribution in [0.3, 0.4) is 0 Å². The predicted molar refractivity (Wildman–Crippen MR) is 102 cm³/mol. The third-order valence-electron chi connectivity index (χ3n) is 7.33. The summed E-state index contributed by atoms with van der Waals surface area (Å²) < 4.78 is 28.5. The molecule has 3 atom stereocenters. The molecule has 2 bridgehead atoms. The van der Waals surface area contributed by atoms with Crippen molar-refractivity contribution in [1.82, 2.24) is 10.2 Å². The minimum Gasteiger partial charge on any atom is -0.369 e. The molecule has 2 aliphatic rings. The maximum Gasteiger partial charge on any atom is 0.220 e. The Morgan fingerprint density at radius 3 is 2.57 bits per heavy atom. The van der Waals surface area contributed by atoms with Crippen LogP contribution >= 0.6 is 0 Å². The van der Waals surface area contributed by atoms with E-state index in [9.17, 15) is 13.6 Å². The van der Waals surface area contributed by atoms with Crippen LogP contribution in [0.2, 0.25) is 0 Å². The topological polar surface area (TPSA) is 68.9 Å². The Morgan fingerprint density at radius 2 is 1.96 bits per heavy atom. The van der Waals surface area contributed by atoms with Gasteiger partial charge in [0, 0.05) is 11.3 Å². The lowest BCUT2D eigenvalue weighted by molar-refractivity contribution is -0.122. The van der Waals surface area contributed by atoms with Crippen LogP contribution in [0.5, 0.6) is 0 Å². The molecular weight excluding hydrogens is 360 g/mol. The second-order valence-electron chi connectivity index (χ2n) is 8.74. The van der Waals surface area contributed by atoms with E-state index in [1.54, 1.807) is 6.07 Å². The number of carbonyl (C=O) groups excluding carboxylic acids is 1. The summed E-state index contributed by atoms with van der Waals surface area (Å²) in [6.07, 6.45) is 3.19. The molecule has 1 heterocycles. The van der Waals surface area contributed by atoms with Gasteiger partial charge in [-0.15, -0.1) is 0 Å². The lowest BCUT2D eigenvalue weighted by Gasteiger charge is -2.39. The Morgan fingerprint density at radius 1 is 1.29 bits per heavy atom. The van der Waals surface area contributed by atoms with Gasteiger partial charge in [0.1, 0.15) is 11.6 Å². The standard InChI is InChI=1S/C22H25F2N3O/c1-4-12(20(25)28)11-22-9-8-14(21(22,2)3)13-10-17(26-27-19(13)22)18-15(23)6-5-7-16(18)24/h5-7,10,12,14H,4,8-9,11H2,1-3H3,(H2,25,28)/t12-,14-,22-/m0/s1. The normalized spacial score (nSPS) is 25.5. The van der Waals surface area contributed by atoms with Gasteiger partial charge in [0.05, 0.1) is 17.0 Å². The molecule has 1 aromatic heterocycles. The summed E-state index contributed by atoms with van der Waals surface area (Å²) in [4.78, 5) is 11.9. The molecule has 0 spiro atoms. The number of primary amides is 1. The number of nitrogens with zero attached hydrogens (tertiary/aromatic N) is 2. The van der Waals surface area contributed by atoms with Gasteiger partial charge in [-0.2, -0.15) is 10.2 Å². The summed E-state index contributed by atoms with van der Waals surface area (Å²) in [6.45, 7) is 6.37. The third kappa shape index (κ3) is 2.43. The first-order chi connectivity index (χ1) is 13.2. The first-order valence-electron chi connectivity index (χ1n) is 9.84. The molecule has 1 aromatic carbocycles. The van der Waals surface area contributed by atoms with Crippen molar-refractivity contribution in [1.29, 1.82) is 0 Å². The lowest BCUT2D eigenvalue weighted by Crippen LogP contribution is -2.40. The van der Waals surface area contributed by atoms with Crippen molar-refractivity contribution in [2.24, 2.45) is 17.1 Å². The van der Waals surface area contributed by atoms with Crippen LogP contribution in [0, 0.1) is 23.0 Å². The van der Waals surface area contributed by atoms with Crippen molar-refractivity contribution >= 4 is 5.91 Å². The number of rotatable bonds is 5. The Hall–Kier alpha value is -2.37. The van der Waals surface area contributed by atoms with E-state index in [1.807, 2.05) is 6.92 Å². The number of carbonyl (C=O) groups is 1. The maximum atomic E-state index is 14.3. The minimum atomic E-state index is -0.647. The second-order valence-corrected chi connectivity index (χ2v) is 8.74. The Kier molecular flexibility index (Phi) is 4.28. The fraction of sp³-hybridized carbons (Fsp3) is 0.500. The van der Waals surface area contributed by atoms with E-state index in [1.165, 1.54) is 18.2 Å². The first-order valence-corrected chi connectivity index (χ1v) is 9.84. The molecule has 1 saturated carbocycles. The SMILES string of the molecule is CC[C@@H](C[C@@]12CC[C@@H](c3cc(-c4c(F)cccc4F)nnc31)C2(C)C)C(N)=O. The van der Waals surface area contributed by atoms with E-state index in [-0.39, 0.29) is 39.8 Å². The number of aromatic nitrogens is 2. The number of nitrogens with two attached hydrogens (primary N) is 1. The van der Waals surface area contributed by atoms with Crippen molar-refractivity contribution in [2.45, 2.75) is 57.8 Å². The molecule has 2 N–H and O–H groups in total. The molecule has 0 unspecified atom stereocenters. The van der Waals surface area contributed by atoms with Crippen molar-refractivity contribution in [2.75, 3.05) is 0 Å². The molecule has 0 aliphatic heterocycles. The third-order valence-corrected chi connectivity index (χ3v) is 7.33. The van der Waals surface area contributed by atoms with Crippen LogP contribution in [0.15, 0.2) is 24.3 Å². The number of hydrogen-bond acceptors (Lipinski definition) is 3. The monoisotopic (exact) mass is 385 g/mol. The van der Waals surface area contributed by atoms with Crippen LogP contribution < -0.4 is 5.73 Å². The molecule has 28 heavy (non-hydrogen) atoms. The van der Waals surface area contributed by atoms with Gasteiger partial charge in [-0.3, -0.25) is 4.79 Å². The summed E-state index contributed by atoms with van der Waals surface area (Å²) in [5, 5.41) is 8.68. The van der Waals surface area contributed by atoms with Crippen LogP contribution in [-0.4, -0.2) is 16.1 Å². The van der Waals surface area contributed by atoms with Gasteiger partial charge in [-0.25, -0.2) is 8.78 Å². The average Bonchev–Trinajstić information content (AvgIpc) is 3.00. The van der Waals surface area contributed by atoms with E-state index < -0.39 is 11.6 Å². The summed E-state index contributed by atoms with van der Waals surface area (Å²) in [6, 6.07) is 5.58. The summed E-state index contributed by atoms with van der Waals surface area (Å²) in [5.74, 6) is -1.59. The van der Waals surface area contributed by atoms with Crippen molar-refractivity contribution in [3.05, 3.63) is 47.2 Å². The molecule has 4 nitrogen and oxygen atoms in total. The van der Waals surface area contributed by atoms with Crippen molar-refractivity contribution < 1.29 is 13.6 Å². The van der Waals surface area contributed by atoms with Crippen molar-refractivity contribution in [3.63, 3.8) is 0 Å². The highest BCUT2D eigenvalue weighted by molar-refractivity contribution is 5.77. The Labute approximate surface area is 163 Å². The fourth-order valence-corrected chi connectivity index (χ4v) is 5.61. The highest BCUT2D eigenvalue weighted by atomic mass is 19.1. The van der Waals surface area contributed by atoms with Crippen LogP contribution in [-0.2, 0) is 10.2 Å². The Balaban J connectivity index is 1.84. The molecule has 0 saturated heterocycles. The van der Waals surface area contributed by atoms with Crippen molar-refractivity contribution in [3.8, 4) is 11.3 Å². The number of fused-ring (bicyclic) bond motifs is 5. The molecule has 148 valence electrons. The smallest absolute Gasteiger partial charge is 0.220 e. The number of amides is 1. The predicted octanol–water partition coefficient (Wildman–Crippen LogP) is 4.48. The van der Waals surface area contributed by atoms with E-state index in [0.29, 0.717) is 12.8 Å². The molecule has 1 fully saturated rings. The van der Waals surface area contributed by atoms with E-state index in [0.717, 1.165) is 24.1 Å². The van der Waals surface area contributed by atoms with Gasteiger partial charge in [0.25, 0.3) is 0 Å². The zero-order valence-electron chi connectivity index (χ0n) is 16.4. The van der Waals surface area contributed by atoms with E-state index >= 15 is 0 Å². The van der Waals surface area contributed by atoms with E-state index in [2.05, 4.69) is 24.0 Å². The quantitative estimate of drug-likeness (QED) is 0.825. The maximum absolute atomic E-state index is 14.3. The van der Waals surface area contributed by atoms with E-state index in [4.69, 9.17) is 5.73 Å². The minimum absolute atomic E-state index is 0.126. The molecule has 0 radical (unpaired) electrons. The number of halogens is 2. The number of benzene rings is 1. The van der Waals surface area contributed by atoms with Crippen LogP contribution in [0.1, 0.15) is 63.6 Å². The largest absolute Gasteiger partial charge is 0.369 e. The zero-order valence-corrected chi connectivity index (χ0v) is 16.4. The first kappa shape index (κ1) is 19.0. The van der Waals surface area contributed by atoms with Crippen LogP contribution in [0.4, 0.5) is 8.78 Å². The summed E-state index contributed by atoms with van der Waals surface area (Å²) in [5.41, 5.74) is 7.17. The zero-order chi connectivity index (χ0) is 20.3. The van der Waals surface area contributed by atoms with Crippen LogP contribution in [0.25, 0.3) is 11.3 Å². The summed E-state index contributed by atoms with van der Waals surface area (Å²) >= 11 is 0. The highest BCUT2D eigenvalue weighted by Crippen LogP contribution is 2.69. The summed E-state index contributed by atoms with van der Waals surface area (Å²) in [7, 11) is 0. The Bertz CT molecular complexity index is 939. The lowest BCUT2D eigenvalue weighted by atomic mass is 9.64.